The molecule has 4 nitrogen and oxygen atoms in total. The maximum Gasteiger partial charge on any atom is 0.292 e. The van der Waals surface area contributed by atoms with Crippen LogP contribution in [-0.4, -0.2) is 30.9 Å². The van der Waals surface area contributed by atoms with E-state index in [1.54, 1.807) is 0 Å². The Morgan fingerprint density at radius 2 is 1.58 bits per heavy atom. The zero-order valence-electron chi connectivity index (χ0n) is 15.2. The van der Waals surface area contributed by atoms with Gasteiger partial charge < -0.3 is 4.90 Å². The van der Waals surface area contributed by atoms with Crippen LogP contribution in [-0.2, 0) is 9.59 Å². The number of benzene rings is 2. The van der Waals surface area contributed by atoms with E-state index in [2.05, 4.69) is 24.3 Å². The molecule has 2 fully saturated rings. The van der Waals surface area contributed by atoms with Crippen LogP contribution in [0.4, 0.5) is 5.69 Å². The summed E-state index contributed by atoms with van der Waals surface area (Å²) in [6.07, 6.45) is 2.47. The van der Waals surface area contributed by atoms with E-state index in [1.165, 1.54) is 15.4 Å². The van der Waals surface area contributed by atoms with Crippen LogP contribution in [0.2, 0.25) is 0 Å². The fraction of sp³-hybridized carbons (Fsp3) is 0.364. The minimum Gasteiger partial charge on any atom is -0.324 e. The Bertz CT molecular complexity index is 793. The molecule has 0 spiro atoms. The van der Waals surface area contributed by atoms with E-state index in [9.17, 15) is 9.59 Å². The third kappa shape index (κ3) is 3.17. The summed E-state index contributed by atoms with van der Waals surface area (Å²) in [4.78, 5) is 28.1. The molecule has 0 aliphatic carbocycles. The van der Waals surface area contributed by atoms with Gasteiger partial charge in [0.1, 0.15) is 0 Å². The van der Waals surface area contributed by atoms with Crippen molar-refractivity contribution in [1.29, 1.82) is 0 Å². The standard InChI is InChI=1S/C22H24N2O2/c1-16-7-9-19(10-8-16)24-21(25)15-20(22(24)26)23-13-11-18(12-14-23)17-5-3-2-4-6-17/h2-10,18,20H,11-15H2,1H3/p+1/t20-/m0/s1. The average Bonchev–Trinajstić information content (AvgIpc) is 2.98. The number of hydrogen-bond donors (Lipinski definition) is 1. The second kappa shape index (κ2) is 7.04. The SMILES string of the molecule is Cc1ccc(N2C(=O)C[C@H]([NH+]3CCC(c4ccccc4)CC3)C2=O)cc1. The zero-order chi connectivity index (χ0) is 18.1. The van der Waals surface area contributed by atoms with Gasteiger partial charge in [-0.3, -0.25) is 9.59 Å². The molecule has 0 radical (unpaired) electrons. The Hall–Kier alpha value is -2.46. The van der Waals surface area contributed by atoms with Gasteiger partial charge in [0.05, 0.1) is 25.2 Å². The Morgan fingerprint density at radius 1 is 0.923 bits per heavy atom. The van der Waals surface area contributed by atoms with Gasteiger partial charge >= 0.3 is 0 Å². The molecule has 4 rings (SSSR count). The average molecular weight is 349 g/mol. The first-order valence-electron chi connectivity index (χ1n) is 9.46. The van der Waals surface area contributed by atoms with Crippen LogP contribution in [0.15, 0.2) is 54.6 Å². The quantitative estimate of drug-likeness (QED) is 0.862. The first-order valence-corrected chi connectivity index (χ1v) is 9.46. The minimum atomic E-state index is -0.222. The van der Waals surface area contributed by atoms with Gasteiger partial charge in [0.2, 0.25) is 5.91 Å². The highest BCUT2D eigenvalue weighted by atomic mass is 16.2. The molecule has 26 heavy (non-hydrogen) atoms. The molecule has 0 saturated carbocycles. The first-order chi connectivity index (χ1) is 12.6. The topological polar surface area (TPSA) is 41.8 Å². The van der Waals surface area contributed by atoms with Gasteiger partial charge in [-0.2, -0.15) is 0 Å². The van der Waals surface area contributed by atoms with E-state index in [-0.39, 0.29) is 17.9 Å². The number of likely N-dealkylation sites (tertiary alicyclic amines) is 1. The van der Waals surface area contributed by atoms with E-state index in [1.807, 2.05) is 37.3 Å². The summed E-state index contributed by atoms with van der Waals surface area (Å²) in [5.41, 5.74) is 3.21. The molecule has 2 aromatic rings. The molecule has 1 atom stereocenters. The third-order valence-electron chi connectivity index (χ3n) is 5.83. The van der Waals surface area contributed by atoms with Crippen molar-refractivity contribution in [3.05, 3.63) is 65.7 Å². The van der Waals surface area contributed by atoms with Gasteiger partial charge in [-0.15, -0.1) is 0 Å². The monoisotopic (exact) mass is 349 g/mol. The summed E-state index contributed by atoms with van der Waals surface area (Å²) in [6.45, 7) is 3.90. The predicted octanol–water partition coefficient (Wildman–Crippen LogP) is 2.09. The lowest BCUT2D eigenvalue weighted by Gasteiger charge is -2.32. The molecular formula is C22H25N2O2+. The van der Waals surface area contributed by atoms with Crippen LogP contribution in [0.1, 0.15) is 36.3 Å². The first kappa shape index (κ1) is 17.0. The van der Waals surface area contributed by atoms with E-state index in [4.69, 9.17) is 0 Å². The number of nitrogens with zero attached hydrogens (tertiary/aromatic N) is 1. The molecule has 2 aromatic carbocycles. The van der Waals surface area contributed by atoms with Crippen LogP contribution in [0, 0.1) is 6.92 Å². The fourth-order valence-electron chi connectivity index (χ4n) is 4.31. The number of nitrogens with one attached hydrogen (secondary N) is 1. The van der Waals surface area contributed by atoms with Crippen molar-refractivity contribution in [3.8, 4) is 0 Å². The Balaban J connectivity index is 1.44. The molecule has 1 N–H and O–H groups in total. The number of carbonyl (C=O) groups is 2. The predicted molar refractivity (Wildman–Crippen MR) is 101 cm³/mol. The minimum absolute atomic E-state index is 0.0352. The van der Waals surface area contributed by atoms with Crippen molar-refractivity contribution in [3.63, 3.8) is 0 Å². The van der Waals surface area contributed by atoms with Crippen molar-refractivity contribution in [2.75, 3.05) is 18.0 Å². The number of amides is 2. The van der Waals surface area contributed by atoms with Crippen LogP contribution in [0.25, 0.3) is 0 Å². The van der Waals surface area contributed by atoms with Gasteiger partial charge in [-0.25, -0.2) is 4.90 Å². The number of imide groups is 1. The Labute approximate surface area is 154 Å². The molecule has 2 aliphatic rings. The second-order valence-electron chi connectivity index (χ2n) is 7.50. The van der Waals surface area contributed by atoms with Crippen molar-refractivity contribution < 1.29 is 14.5 Å². The van der Waals surface area contributed by atoms with E-state index in [0.717, 1.165) is 31.5 Å². The van der Waals surface area contributed by atoms with Crippen molar-refractivity contribution >= 4 is 17.5 Å². The number of carbonyl (C=O) groups excluding carboxylic acids is 2. The van der Waals surface area contributed by atoms with E-state index >= 15 is 0 Å². The number of hydrogen-bond acceptors (Lipinski definition) is 2. The number of rotatable bonds is 3. The zero-order valence-corrected chi connectivity index (χ0v) is 15.2. The number of piperidine rings is 1. The summed E-state index contributed by atoms with van der Waals surface area (Å²) in [5, 5.41) is 0. The maximum absolute atomic E-state index is 12.9. The lowest BCUT2D eigenvalue weighted by atomic mass is 9.89. The Morgan fingerprint density at radius 3 is 2.23 bits per heavy atom. The molecule has 0 unspecified atom stereocenters. The normalized spacial score (nSPS) is 26.3. The van der Waals surface area contributed by atoms with Crippen LogP contribution < -0.4 is 9.80 Å². The molecule has 0 aromatic heterocycles. The Kier molecular flexibility index (Phi) is 4.60. The second-order valence-corrected chi connectivity index (χ2v) is 7.50. The number of anilines is 1. The highest BCUT2D eigenvalue weighted by molar-refractivity contribution is 6.21. The van der Waals surface area contributed by atoms with Crippen LogP contribution in [0.3, 0.4) is 0 Å². The highest BCUT2D eigenvalue weighted by Gasteiger charge is 2.46. The molecule has 4 heteroatoms. The van der Waals surface area contributed by atoms with Gasteiger partial charge in [0, 0.05) is 12.8 Å². The fourth-order valence-corrected chi connectivity index (χ4v) is 4.31. The molecule has 2 amide bonds. The van der Waals surface area contributed by atoms with E-state index in [0.29, 0.717) is 18.0 Å². The molecule has 2 heterocycles. The van der Waals surface area contributed by atoms with Gasteiger partial charge in [-0.1, -0.05) is 48.0 Å². The third-order valence-corrected chi connectivity index (χ3v) is 5.83. The molecule has 2 aliphatic heterocycles. The largest absolute Gasteiger partial charge is 0.324 e. The highest BCUT2D eigenvalue weighted by Crippen LogP contribution is 2.26. The smallest absolute Gasteiger partial charge is 0.292 e. The van der Waals surface area contributed by atoms with Crippen LogP contribution >= 0.6 is 0 Å². The summed E-state index contributed by atoms with van der Waals surface area (Å²) >= 11 is 0. The van der Waals surface area contributed by atoms with E-state index < -0.39 is 0 Å². The van der Waals surface area contributed by atoms with Crippen molar-refractivity contribution in [1.82, 2.24) is 0 Å². The number of aryl methyl sites for hydroxylation is 1. The lowest BCUT2D eigenvalue weighted by molar-refractivity contribution is -0.920. The molecule has 2 saturated heterocycles. The summed E-state index contributed by atoms with van der Waals surface area (Å²) in [6, 6.07) is 18.0. The molecule has 134 valence electrons. The summed E-state index contributed by atoms with van der Waals surface area (Å²) < 4.78 is 0. The van der Waals surface area contributed by atoms with Gasteiger partial charge in [-0.05, 0) is 30.5 Å². The maximum atomic E-state index is 12.9. The van der Waals surface area contributed by atoms with Crippen molar-refractivity contribution in [2.45, 2.75) is 38.1 Å². The van der Waals surface area contributed by atoms with Crippen molar-refractivity contribution in [2.24, 2.45) is 0 Å². The number of quaternary nitrogens is 1. The van der Waals surface area contributed by atoms with Crippen LogP contribution in [0.5, 0.6) is 0 Å². The molecular weight excluding hydrogens is 324 g/mol. The molecule has 0 bridgehead atoms. The summed E-state index contributed by atoms with van der Waals surface area (Å²) in [7, 11) is 0. The summed E-state index contributed by atoms with van der Waals surface area (Å²) in [5.74, 6) is 0.467. The lowest BCUT2D eigenvalue weighted by Crippen LogP contribution is -3.17. The van der Waals surface area contributed by atoms with Gasteiger partial charge in [0.15, 0.2) is 6.04 Å². The van der Waals surface area contributed by atoms with Gasteiger partial charge in [0.25, 0.3) is 5.91 Å².